The van der Waals surface area contributed by atoms with Crippen molar-refractivity contribution < 1.29 is 14.7 Å². The number of likely N-dealkylation sites (tertiary alicyclic amines) is 1. The lowest BCUT2D eigenvalue weighted by Gasteiger charge is -2.13. The first kappa shape index (κ1) is 13.3. The van der Waals surface area contributed by atoms with Gasteiger partial charge in [0.2, 0.25) is 11.6 Å². The third-order valence-electron chi connectivity index (χ3n) is 3.62. The van der Waals surface area contributed by atoms with Crippen LogP contribution in [0.5, 0.6) is 0 Å². The smallest absolute Gasteiger partial charge is 0.358 e. The average molecular weight is 290 g/mol. The molecular formula is C12H14N6O3. The molecule has 2 aromatic heterocycles. The highest BCUT2D eigenvalue weighted by atomic mass is 16.4. The molecular weight excluding hydrogens is 276 g/mol. The lowest BCUT2D eigenvalue weighted by molar-refractivity contribution is -0.129. The Balaban J connectivity index is 2.17. The van der Waals surface area contributed by atoms with Crippen molar-refractivity contribution in [1.29, 1.82) is 0 Å². The Hall–Kier alpha value is -2.71. The highest BCUT2D eigenvalue weighted by Gasteiger charge is 2.36. The minimum absolute atomic E-state index is 0.104. The van der Waals surface area contributed by atoms with Crippen molar-refractivity contribution in [2.45, 2.75) is 12.5 Å². The number of carbonyl (C=O) groups is 2. The van der Waals surface area contributed by atoms with Crippen molar-refractivity contribution in [1.82, 2.24) is 29.4 Å². The highest BCUT2D eigenvalue weighted by molar-refractivity contribution is 5.92. The van der Waals surface area contributed by atoms with Crippen LogP contribution in [0.15, 0.2) is 12.4 Å². The van der Waals surface area contributed by atoms with E-state index in [-0.39, 0.29) is 17.3 Å². The van der Waals surface area contributed by atoms with Crippen molar-refractivity contribution in [3.05, 3.63) is 18.1 Å². The molecule has 9 nitrogen and oxygen atoms in total. The number of imidazole rings is 1. The Morgan fingerprint density at radius 3 is 2.71 bits per heavy atom. The zero-order valence-electron chi connectivity index (χ0n) is 11.6. The van der Waals surface area contributed by atoms with Gasteiger partial charge in [0, 0.05) is 33.0 Å². The quantitative estimate of drug-likeness (QED) is 0.837. The summed E-state index contributed by atoms with van der Waals surface area (Å²) < 4.78 is 3.04. The number of hydrogen-bond donors (Lipinski definition) is 1. The minimum Gasteiger partial charge on any atom is -0.476 e. The summed E-state index contributed by atoms with van der Waals surface area (Å²) in [7, 11) is 3.45. The number of carboxylic acids is 1. The Labute approximate surface area is 119 Å². The van der Waals surface area contributed by atoms with Crippen molar-refractivity contribution in [3.63, 3.8) is 0 Å². The van der Waals surface area contributed by atoms with E-state index in [1.807, 2.05) is 0 Å². The Bertz CT molecular complexity index is 718. The Morgan fingerprint density at radius 2 is 2.19 bits per heavy atom. The fraction of sp³-hybridized carbons (Fsp3) is 0.417. The molecule has 0 aliphatic carbocycles. The molecule has 3 rings (SSSR count). The SMILES string of the molecule is CN1CCC(n2nnc(C(=O)O)c2-c2nccn2C)C1=O. The molecule has 0 radical (unpaired) electrons. The summed E-state index contributed by atoms with van der Waals surface area (Å²) in [6, 6.07) is -0.540. The molecule has 0 saturated carbocycles. The van der Waals surface area contributed by atoms with Crippen LogP contribution in [0.1, 0.15) is 23.0 Å². The van der Waals surface area contributed by atoms with Crippen molar-refractivity contribution in [3.8, 4) is 11.5 Å². The molecule has 2 aromatic rings. The van der Waals surface area contributed by atoms with Gasteiger partial charge in [-0.05, 0) is 6.42 Å². The number of aromatic carboxylic acids is 1. The number of carboxylic acid groups (broad SMARTS) is 1. The predicted molar refractivity (Wildman–Crippen MR) is 70.5 cm³/mol. The standard InChI is InChI=1S/C12H14N6O3/c1-16-6-4-13-10(16)9-8(12(20)21)14-15-18(9)7-3-5-17(2)11(7)19/h4,6-7H,3,5H2,1-2H3,(H,20,21). The third kappa shape index (κ3) is 1.97. The van der Waals surface area contributed by atoms with Crippen LogP contribution in [0.3, 0.4) is 0 Å². The zero-order valence-corrected chi connectivity index (χ0v) is 11.6. The van der Waals surface area contributed by atoms with Crippen LogP contribution >= 0.6 is 0 Å². The van der Waals surface area contributed by atoms with Gasteiger partial charge in [0.1, 0.15) is 11.7 Å². The van der Waals surface area contributed by atoms with E-state index >= 15 is 0 Å². The van der Waals surface area contributed by atoms with Crippen LogP contribution in [-0.2, 0) is 11.8 Å². The molecule has 1 saturated heterocycles. The molecule has 1 atom stereocenters. The van der Waals surface area contributed by atoms with Gasteiger partial charge < -0.3 is 14.6 Å². The van der Waals surface area contributed by atoms with E-state index < -0.39 is 12.0 Å². The highest BCUT2D eigenvalue weighted by Crippen LogP contribution is 2.28. The molecule has 1 unspecified atom stereocenters. The maximum absolute atomic E-state index is 12.2. The monoisotopic (exact) mass is 290 g/mol. The fourth-order valence-electron chi connectivity index (χ4n) is 2.49. The molecule has 0 bridgehead atoms. The summed E-state index contributed by atoms with van der Waals surface area (Å²) in [5.74, 6) is -0.884. The van der Waals surface area contributed by atoms with Gasteiger partial charge in [-0.2, -0.15) is 0 Å². The van der Waals surface area contributed by atoms with E-state index in [0.717, 1.165) is 0 Å². The van der Waals surface area contributed by atoms with E-state index in [1.165, 1.54) is 4.68 Å². The van der Waals surface area contributed by atoms with Crippen molar-refractivity contribution >= 4 is 11.9 Å². The number of aromatic nitrogens is 5. The van der Waals surface area contributed by atoms with Crippen LogP contribution in [0.25, 0.3) is 11.5 Å². The number of hydrogen-bond acceptors (Lipinski definition) is 5. The number of carbonyl (C=O) groups excluding carboxylic acids is 1. The molecule has 0 spiro atoms. The van der Waals surface area contributed by atoms with E-state index in [4.69, 9.17) is 0 Å². The molecule has 1 amide bonds. The largest absolute Gasteiger partial charge is 0.476 e. The molecule has 1 N–H and O–H groups in total. The molecule has 0 aromatic carbocycles. The first-order valence-corrected chi connectivity index (χ1v) is 6.42. The number of nitrogens with zero attached hydrogens (tertiary/aromatic N) is 6. The van der Waals surface area contributed by atoms with Gasteiger partial charge in [-0.1, -0.05) is 5.21 Å². The van der Waals surface area contributed by atoms with Crippen LogP contribution in [0.2, 0.25) is 0 Å². The normalized spacial score (nSPS) is 18.5. The Morgan fingerprint density at radius 1 is 1.43 bits per heavy atom. The third-order valence-corrected chi connectivity index (χ3v) is 3.62. The van der Waals surface area contributed by atoms with Crippen LogP contribution in [-0.4, -0.2) is 60.0 Å². The van der Waals surface area contributed by atoms with Gasteiger partial charge in [-0.15, -0.1) is 5.10 Å². The number of amides is 1. The first-order chi connectivity index (χ1) is 10.0. The van der Waals surface area contributed by atoms with Gasteiger partial charge in [0.15, 0.2) is 5.82 Å². The summed E-state index contributed by atoms with van der Waals surface area (Å²) in [6.45, 7) is 0.603. The molecule has 3 heterocycles. The number of likely N-dealkylation sites (N-methyl/N-ethyl adjacent to an activating group) is 1. The Kier molecular flexibility index (Phi) is 2.96. The van der Waals surface area contributed by atoms with E-state index in [1.54, 1.807) is 36.0 Å². The van der Waals surface area contributed by atoms with Crippen LogP contribution in [0, 0.1) is 0 Å². The second-order valence-electron chi connectivity index (χ2n) is 4.96. The van der Waals surface area contributed by atoms with E-state index in [9.17, 15) is 14.7 Å². The van der Waals surface area contributed by atoms with E-state index in [0.29, 0.717) is 18.8 Å². The van der Waals surface area contributed by atoms with Gasteiger partial charge in [-0.25, -0.2) is 14.5 Å². The molecule has 110 valence electrons. The molecule has 9 heteroatoms. The van der Waals surface area contributed by atoms with Gasteiger partial charge in [0.25, 0.3) is 0 Å². The zero-order chi connectivity index (χ0) is 15.1. The van der Waals surface area contributed by atoms with Gasteiger partial charge >= 0.3 is 5.97 Å². The summed E-state index contributed by atoms with van der Waals surface area (Å²) in [5, 5.41) is 16.9. The predicted octanol–water partition coefficient (Wildman–Crippen LogP) is -0.220. The van der Waals surface area contributed by atoms with Gasteiger partial charge in [-0.3, -0.25) is 4.79 Å². The molecule has 1 fully saturated rings. The van der Waals surface area contributed by atoms with Crippen molar-refractivity contribution in [2.24, 2.45) is 7.05 Å². The van der Waals surface area contributed by atoms with Gasteiger partial charge in [0.05, 0.1) is 0 Å². The lowest BCUT2D eigenvalue weighted by Crippen LogP contribution is -2.25. The summed E-state index contributed by atoms with van der Waals surface area (Å²) in [4.78, 5) is 29.3. The van der Waals surface area contributed by atoms with Crippen LogP contribution < -0.4 is 0 Å². The fourth-order valence-corrected chi connectivity index (χ4v) is 2.49. The molecule has 1 aliphatic heterocycles. The molecule has 21 heavy (non-hydrogen) atoms. The summed E-state index contributed by atoms with van der Waals surface area (Å²) >= 11 is 0. The van der Waals surface area contributed by atoms with Crippen LogP contribution in [0.4, 0.5) is 0 Å². The maximum atomic E-state index is 12.2. The minimum atomic E-state index is -1.20. The van der Waals surface area contributed by atoms with Crippen molar-refractivity contribution in [2.75, 3.05) is 13.6 Å². The second kappa shape index (κ2) is 4.69. The first-order valence-electron chi connectivity index (χ1n) is 6.42. The maximum Gasteiger partial charge on any atom is 0.358 e. The number of rotatable bonds is 3. The lowest BCUT2D eigenvalue weighted by atomic mass is 10.2. The summed E-state index contributed by atoms with van der Waals surface area (Å²) in [6.07, 6.45) is 3.82. The summed E-state index contributed by atoms with van der Waals surface area (Å²) in [5.41, 5.74) is 0.0512. The average Bonchev–Trinajstić information content (AvgIpc) is 3.10. The molecule has 1 aliphatic rings. The topological polar surface area (TPSA) is 106 Å². The second-order valence-corrected chi connectivity index (χ2v) is 4.96. The number of aryl methyl sites for hydroxylation is 1. The van der Waals surface area contributed by atoms with E-state index in [2.05, 4.69) is 15.3 Å².